The molecule has 238 valence electrons. The first-order chi connectivity index (χ1) is 23.5. The smallest absolute Gasteiger partial charge is 0.200 e. The highest BCUT2D eigenvalue weighted by Crippen LogP contribution is 2.66. The predicted molar refractivity (Wildman–Crippen MR) is 202 cm³/mol. The maximum atomic E-state index is 13.5. The summed E-state index contributed by atoms with van der Waals surface area (Å²) < 4.78 is 6.11. The molecule has 0 saturated carbocycles. The van der Waals surface area contributed by atoms with E-state index in [2.05, 4.69) is 125 Å². The Labute approximate surface area is 286 Å². The van der Waals surface area contributed by atoms with Crippen LogP contribution in [-0.2, 0) is 16.2 Å². The molecule has 0 unspecified atom stereocenters. The van der Waals surface area contributed by atoms with Gasteiger partial charge in [0.1, 0.15) is 11.2 Å². The molecule has 3 aliphatic heterocycles. The number of para-hydroxylation sites is 3. The van der Waals surface area contributed by atoms with Crippen LogP contribution in [0.5, 0.6) is 0 Å². The fourth-order valence-electron chi connectivity index (χ4n) is 9.21. The van der Waals surface area contributed by atoms with Gasteiger partial charge in [-0.2, -0.15) is 0 Å². The summed E-state index contributed by atoms with van der Waals surface area (Å²) >= 11 is 0. The van der Waals surface area contributed by atoms with Crippen molar-refractivity contribution in [3.05, 3.63) is 159 Å². The SMILES string of the molecule is CC1(C)c2cccc3c2N2c4c1cccc4C(C)(C)c1cc(-c4cccc(-c5ccc6oc7ccccc7c(=O)c6c5)c4)cc(c12)C3(C)C. The molecule has 7 aromatic rings. The molecule has 0 N–H and O–H groups in total. The maximum Gasteiger partial charge on any atom is 0.200 e. The average molecular weight is 636 g/mol. The Morgan fingerprint density at radius 1 is 0.429 bits per heavy atom. The van der Waals surface area contributed by atoms with Crippen molar-refractivity contribution in [2.24, 2.45) is 0 Å². The lowest BCUT2D eigenvalue weighted by atomic mass is 9.60. The Morgan fingerprint density at radius 3 is 1.51 bits per heavy atom. The minimum atomic E-state index is -0.204. The summed E-state index contributed by atoms with van der Waals surface area (Å²) in [6, 6.07) is 41.0. The molecule has 0 aliphatic carbocycles. The monoisotopic (exact) mass is 635 g/mol. The summed E-state index contributed by atoms with van der Waals surface area (Å²) in [5.74, 6) is 0. The lowest BCUT2D eigenvalue weighted by molar-refractivity contribution is 0.567. The van der Waals surface area contributed by atoms with E-state index in [9.17, 15) is 4.79 Å². The van der Waals surface area contributed by atoms with Gasteiger partial charge in [0, 0.05) is 16.2 Å². The number of hydrogen-bond donors (Lipinski definition) is 0. The van der Waals surface area contributed by atoms with Gasteiger partial charge in [-0.1, -0.05) is 114 Å². The van der Waals surface area contributed by atoms with Crippen LogP contribution in [-0.4, -0.2) is 0 Å². The van der Waals surface area contributed by atoms with E-state index in [0.717, 1.165) is 16.7 Å². The topological polar surface area (TPSA) is 33.5 Å². The molecule has 3 nitrogen and oxygen atoms in total. The van der Waals surface area contributed by atoms with Gasteiger partial charge < -0.3 is 9.32 Å². The maximum absolute atomic E-state index is 13.5. The van der Waals surface area contributed by atoms with E-state index in [1.807, 2.05) is 36.4 Å². The zero-order valence-electron chi connectivity index (χ0n) is 28.7. The molecule has 3 heteroatoms. The van der Waals surface area contributed by atoms with E-state index >= 15 is 0 Å². The van der Waals surface area contributed by atoms with Crippen LogP contribution in [0.1, 0.15) is 74.9 Å². The first kappa shape index (κ1) is 28.6. The molecular formula is C46H37NO2. The normalized spacial score (nSPS) is 16.9. The second kappa shape index (κ2) is 9.18. The van der Waals surface area contributed by atoms with Crippen molar-refractivity contribution in [1.82, 2.24) is 0 Å². The first-order valence-corrected chi connectivity index (χ1v) is 17.3. The van der Waals surface area contributed by atoms with Crippen molar-refractivity contribution in [2.75, 3.05) is 4.90 Å². The van der Waals surface area contributed by atoms with Gasteiger partial charge in [-0.15, -0.1) is 0 Å². The Bertz CT molecular complexity index is 2580. The van der Waals surface area contributed by atoms with Gasteiger partial charge in [-0.05, 0) is 98.1 Å². The van der Waals surface area contributed by atoms with Gasteiger partial charge in [-0.3, -0.25) is 4.79 Å². The van der Waals surface area contributed by atoms with Crippen LogP contribution < -0.4 is 10.3 Å². The first-order valence-electron chi connectivity index (χ1n) is 17.3. The standard InChI is InChI=1S/C46H37NO2/c1-44(2)32-15-10-17-34-40(32)47-41-33(44)16-11-18-35(41)46(5,6)37-25-29(24-36(42(37)47)45(34,3)4)27-13-9-12-26(22-27)28-20-21-39-31(23-28)43(48)30-14-7-8-19-38(30)49-39/h7-25H,1-6H3. The number of benzene rings is 6. The molecule has 0 saturated heterocycles. The van der Waals surface area contributed by atoms with Gasteiger partial charge in [0.15, 0.2) is 0 Å². The third-order valence-corrected chi connectivity index (χ3v) is 12.0. The summed E-state index contributed by atoms with van der Waals surface area (Å²) in [5.41, 5.74) is 17.5. The molecule has 0 radical (unpaired) electrons. The van der Waals surface area contributed by atoms with Crippen molar-refractivity contribution < 1.29 is 4.42 Å². The molecular weight excluding hydrogens is 599 g/mol. The Balaban J connectivity index is 1.19. The van der Waals surface area contributed by atoms with Gasteiger partial charge in [0.05, 0.1) is 27.8 Å². The Kier molecular flexibility index (Phi) is 5.36. The van der Waals surface area contributed by atoms with Crippen LogP contribution >= 0.6 is 0 Å². The fraction of sp³-hybridized carbons (Fsp3) is 0.196. The van der Waals surface area contributed by atoms with Crippen LogP contribution in [0, 0.1) is 0 Å². The van der Waals surface area contributed by atoms with E-state index in [0.29, 0.717) is 21.9 Å². The molecule has 0 bridgehead atoms. The lowest BCUT2D eigenvalue weighted by Gasteiger charge is -2.55. The highest BCUT2D eigenvalue weighted by molar-refractivity contribution is 5.99. The predicted octanol–water partition coefficient (Wildman–Crippen LogP) is 11.7. The summed E-state index contributed by atoms with van der Waals surface area (Å²) in [6.07, 6.45) is 0. The molecule has 0 atom stereocenters. The van der Waals surface area contributed by atoms with E-state index in [4.69, 9.17) is 4.42 Å². The lowest BCUT2D eigenvalue weighted by Crippen LogP contribution is -2.43. The number of nitrogens with zero attached hydrogens (tertiary/aromatic N) is 1. The second-order valence-corrected chi connectivity index (χ2v) is 15.8. The number of hydrogen-bond acceptors (Lipinski definition) is 3. The minimum absolute atomic E-state index is 0.00100. The molecule has 0 fully saturated rings. The summed E-state index contributed by atoms with van der Waals surface area (Å²) in [7, 11) is 0. The minimum Gasteiger partial charge on any atom is -0.456 e. The van der Waals surface area contributed by atoms with Crippen LogP contribution in [0.2, 0.25) is 0 Å². The van der Waals surface area contributed by atoms with Gasteiger partial charge in [0.2, 0.25) is 5.43 Å². The zero-order chi connectivity index (χ0) is 33.6. The molecule has 6 aromatic carbocycles. The summed E-state index contributed by atoms with van der Waals surface area (Å²) in [6.45, 7) is 14.4. The van der Waals surface area contributed by atoms with Gasteiger partial charge in [-0.25, -0.2) is 0 Å². The molecule has 4 heterocycles. The van der Waals surface area contributed by atoms with Crippen LogP contribution in [0.4, 0.5) is 17.1 Å². The summed E-state index contributed by atoms with van der Waals surface area (Å²) in [4.78, 5) is 16.1. The van der Waals surface area contributed by atoms with E-state index in [1.165, 1.54) is 56.0 Å². The van der Waals surface area contributed by atoms with Crippen LogP contribution in [0.15, 0.2) is 124 Å². The molecule has 1 aromatic heterocycles. The van der Waals surface area contributed by atoms with Crippen molar-refractivity contribution in [2.45, 2.75) is 57.8 Å². The highest BCUT2D eigenvalue weighted by atomic mass is 16.3. The largest absolute Gasteiger partial charge is 0.456 e. The van der Waals surface area contributed by atoms with Gasteiger partial charge in [0.25, 0.3) is 0 Å². The Hall–Kier alpha value is -5.41. The zero-order valence-corrected chi connectivity index (χ0v) is 28.7. The van der Waals surface area contributed by atoms with E-state index in [-0.39, 0.29) is 21.7 Å². The summed E-state index contributed by atoms with van der Waals surface area (Å²) in [5, 5.41) is 1.21. The van der Waals surface area contributed by atoms with Crippen molar-refractivity contribution in [3.63, 3.8) is 0 Å². The number of anilines is 3. The molecule has 3 aliphatic rings. The van der Waals surface area contributed by atoms with Crippen molar-refractivity contribution in [1.29, 1.82) is 0 Å². The average Bonchev–Trinajstić information content (AvgIpc) is 3.10. The molecule has 0 spiro atoms. The fourth-order valence-corrected chi connectivity index (χ4v) is 9.21. The van der Waals surface area contributed by atoms with Gasteiger partial charge >= 0.3 is 0 Å². The third kappa shape index (κ3) is 3.55. The highest BCUT2D eigenvalue weighted by Gasteiger charge is 2.51. The third-order valence-electron chi connectivity index (χ3n) is 12.0. The molecule has 10 rings (SSSR count). The number of fused-ring (bicyclic) bond motifs is 2. The molecule has 49 heavy (non-hydrogen) atoms. The number of rotatable bonds is 2. The Morgan fingerprint density at radius 2 is 0.898 bits per heavy atom. The van der Waals surface area contributed by atoms with Crippen molar-refractivity contribution >= 4 is 39.0 Å². The van der Waals surface area contributed by atoms with E-state index in [1.54, 1.807) is 0 Å². The van der Waals surface area contributed by atoms with Crippen LogP contribution in [0.3, 0.4) is 0 Å². The van der Waals surface area contributed by atoms with Crippen LogP contribution in [0.25, 0.3) is 44.2 Å². The van der Waals surface area contributed by atoms with E-state index < -0.39 is 0 Å². The van der Waals surface area contributed by atoms with Crippen molar-refractivity contribution in [3.8, 4) is 22.3 Å². The second-order valence-electron chi connectivity index (χ2n) is 15.8. The quantitative estimate of drug-likeness (QED) is 0.177. The molecule has 0 amide bonds.